The van der Waals surface area contributed by atoms with Crippen LogP contribution in [-0.4, -0.2) is 59.0 Å². The Kier molecular flexibility index (Phi) is 6.04. The number of aromatic nitrogens is 2. The molecule has 2 saturated heterocycles. The van der Waals surface area contributed by atoms with Crippen LogP contribution in [0.1, 0.15) is 38.5 Å². The fourth-order valence-electron chi connectivity index (χ4n) is 4.45. The molecule has 1 aliphatic carbocycles. The maximum absolute atomic E-state index is 13.3. The topological polar surface area (TPSA) is 61.4 Å². The van der Waals surface area contributed by atoms with E-state index in [0.29, 0.717) is 6.04 Å². The summed E-state index contributed by atoms with van der Waals surface area (Å²) in [5, 5.41) is 6.83. The molecule has 2 aliphatic heterocycles. The molecular weight excluding hydrogens is 394 g/mol. The van der Waals surface area contributed by atoms with Gasteiger partial charge in [0.2, 0.25) is 5.91 Å². The first-order valence-corrected chi connectivity index (χ1v) is 11.1. The number of hydrogen-bond donors (Lipinski definition) is 1. The van der Waals surface area contributed by atoms with Gasteiger partial charge in [0.15, 0.2) is 0 Å². The fraction of sp³-hybridized carbons (Fsp3) is 0.650. The van der Waals surface area contributed by atoms with E-state index < -0.39 is 0 Å². The molecule has 0 bridgehead atoms. The molecule has 1 saturated carbocycles. The number of thiophene rings is 1. The van der Waals surface area contributed by atoms with Gasteiger partial charge in [-0.2, -0.15) is 0 Å². The number of amides is 1. The van der Waals surface area contributed by atoms with Crippen molar-refractivity contribution in [3.05, 3.63) is 17.8 Å². The zero-order valence-corrected chi connectivity index (χ0v) is 17.7. The number of anilines is 1. The van der Waals surface area contributed by atoms with Gasteiger partial charge in [-0.3, -0.25) is 4.79 Å². The predicted molar refractivity (Wildman–Crippen MR) is 115 cm³/mol. The molecule has 1 atom stereocenters. The van der Waals surface area contributed by atoms with Crippen LogP contribution in [0.15, 0.2) is 17.8 Å². The lowest BCUT2D eigenvalue weighted by atomic mass is 10.0. The molecule has 2 aromatic rings. The highest BCUT2D eigenvalue weighted by Gasteiger charge is 2.36. The lowest BCUT2D eigenvalue weighted by Gasteiger charge is -2.36. The molecule has 1 amide bonds. The SMILES string of the molecule is Cl.O=C(C1CCCN1c1ncnc2sccc12)N1CCC(NCC2CC2)CC1. The monoisotopic (exact) mass is 421 g/mol. The van der Waals surface area contributed by atoms with Crippen molar-refractivity contribution in [3.63, 3.8) is 0 Å². The van der Waals surface area contributed by atoms with Gasteiger partial charge in [-0.15, -0.1) is 23.7 Å². The third kappa shape index (κ3) is 3.98. The van der Waals surface area contributed by atoms with E-state index in [-0.39, 0.29) is 24.4 Å². The number of hydrogen-bond acceptors (Lipinski definition) is 6. The molecule has 0 spiro atoms. The Balaban J connectivity index is 0.00000192. The van der Waals surface area contributed by atoms with E-state index in [9.17, 15) is 4.79 Å². The third-order valence-electron chi connectivity index (χ3n) is 6.25. The number of carbonyl (C=O) groups is 1. The Morgan fingerprint density at radius 2 is 1.96 bits per heavy atom. The van der Waals surface area contributed by atoms with Crippen LogP contribution in [0.5, 0.6) is 0 Å². The molecule has 1 N–H and O–H groups in total. The minimum absolute atomic E-state index is 0. The predicted octanol–water partition coefficient (Wildman–Crippen LogP) is 3.07. The van der Waals surface area contributed by atoms with Crippen molar-refractivity contribution in [2.24, 2.45) is 5.92 Å². The summed E-state index contributed by atoms with van der Waals surface area (Å²) >= 11 is 1.63. The average molecular weight is 422 g/mol. The maximum Gasteiger partial charge on any atom is 0.245 e. The minimum atomic E-state index is -0.0704. The Morgan fingerprint density at radius 3 is 2.75 bits per heavy atom. The van der Waals surface area contributed by atoms with Gasteiger partial charge in [0.25, 0.3) is 0 Å². The van der Waals surface area contributed by atoms with Crippen LogP contribution in [0.25, 0.3) is 10.2 Å². The Labute approximate surface area is 176 Å². The third-order valence-corrected chi connectivity index (χ3v) is 7.07. The van der Waals surface area contributed by atoms with Gasteiger partial charge in [-0.05, 0) is 62.4 Å². The number of nitrogens with one attached hydrogen (secondary N) is 1. The Hall–Kier alpha value is -1.44. The zero-order chi connectivity index (χ0) is 18.2. The molecule has 2 aromatic heterocycles. The van der Waals surface area contributed by atoms with E-state index in [1.54, 1.807) is 17.7 Å². The van der Waals surface area contributed by atoms with Crippen LogP contribution in [0.3, 0.4) is 0 Å². The number of fused-ring (bicyclic) bond motifs is 1. The highest BCUT2D eigenvalue weighted by atomic mass is 35.5. The molecule has 8 heteroatoms. The number of likely N-dealkylation sites (tertiary alicyclic amines) is 1. The van der Waals surface area contributed by atoms with Crippen LogP contribution >= 0.6 is 23.7 Å². The first-order valence-electron chi connectivity index (χ1n) is 10.3. The molecule has 3 fully saturated rings. The quantitative estimate of drug-likeness (QED) is 0.803. The van der Waals surface area contributed by atoms with Crippen LogP contribution in [0.2, 0.25) is 0 Å². The normalized spacial score (nSPS) is 23.2. The van der Waals surface area contributed by atoms with Gasteiger partial charge in [-0.25, -0.2) is 9.97 Å². The molecule has 152 valence electrons. The van der Waals surface area contributed by atoms with Crippen molar-refractivity contribution in [2.75, 3.05) is 31.1 Å². The molecule has 3 aliphatic rings. The first kappa shape index (κ1) is 19.9. The Bertz CT molecular complexity index is 818. The van der Waals surface area contributed by atoms with Gasteiger partial charge in [0.05, 0.1) is 5.39 Å². The standard InChI is InChI=1S/C20H27N5OS.ClH/c26-20(24-9-5-15(6-10-24)21-12-14-3-4-14)17-2-1-8-25(17)18-16-7-11-27-19(16)23-13-22-18;/h7,11,13-15,17,21H,1-6,8-10,12H2;1H. The van der Waals surface area contributed by atoms with Crippen molar-refractivity contribution in [2.45, 2.75) is 50.6 Å². The van der Waals surface area contributed by atoms with Crippen molar-refractivity contribution in [1.82, 2.24) is 20.2 Å². The van der Waals surface area contributed by atoms with Crippen LogP contribution in [0.4, 0.5) is 5.82 Å². The summed E-state index contributed by atoms with van der Waals surface area (Å²) in [6.45, 7) is 3.82. The number of rotatable bonds is 5. The summed E-state index contributed by atoms with van der Waals surface area (Å²) < 4.78 is 0. The molecule has 4 heterocycles. The summed E-state index contributed by atoms with van der Waals surface area (Å²) in [5.41, 5.74) is 0. The molecular formula is C20H28ClN5OS. The highest BCUT2D eigenvalue weighted by molar-refractivity contribution is 7.16. The van der Waals surface area contributed by atoms with Gasteiger partial charge in [-0.1, -0.05) is 0 Å². The summed E-state index contributed by atoms with van der Waals surface area (Å²) in [4.78, 5) is 27.5. The average Bonchev–Trinajstić information content (AvgIpc) is 3.19. The highest BCUT2D eigenvalue weighted by Crippen LogP contribution is 2.33. The molecule has 0 radical (unpaired) electrons. The fourth-order valence-corrected chi connectivity index (χ4v) is 5.18. The molecule has 1 unspecified atom stereocenters. The van der Waals surface area contributed by atoms with Crippen molar-refractivity contribution in [1.29, 1.82) is 0 Å². The number of piperidine rings is 1. The second-order valence-electron chi connectivity index (χ2n) is 8.14. The van der Waals surface area contributed by atoms with E-state index >= 15 is 0 Å². The zero-order valence-electron chi connectivity index (χ0n) is 16.0. The van der Waals surface area contributed by atoms with E-state index in [2.05, 4.69) is 36.5 Å². The largest absolute Gasteiger partial charge is 0.344 e. The molecule has 6 nitrogen and oxygen atoms in total. The van der Waals surface area contributed by atoms with Gasteiger partial charge in [0.1, 0.15) is 23.0 Å². The summed E-state index contributed by atoms with van der Waals surface area (Å²) in [6, 6.07) is 2.59. The maximum atomic E-state index is 13.3. The van der Waals surface area contributed by atoms with Crippen molar-refractivity contribution < 1.29 is 4.79 Å². The van der Waals surface area contributed by atoms with E-state index in [1.165, 1.54) is 19.4 Å². The summed E-state index contributed by atoms with van der Waals surface area (Å²) in [7, 11) is 0. The second-order valence-corrected chi connectivity index (χ2v) is 9.03. The smallest absolute Gasteiger partial charge is 0.245 e. The lowest BCUT2D eigenvalue weighted by Crippen LogP contribution is -2.51. The van der Waals surface area contributed by atoms with Crippen molar-refractivity contribution in [3.8, 4) is 0 Å². The second kappa shape index (κ2) is 8.51. The van der Waals surface area contributed by atoms with Crippen molar-refractivity contribution >= 4 is 45.7 Å². The number of nitrogens with zero attached hydrogens (tertiary/aromatic N) is 4. The molecule has 0 aromatic carbocycles. The first-order chi connectivity index (χ1) is 13.3. The molecule has 28 heavy (non-hydrogen) atoms. The van der Waals surface area contributed by atoms with Crippen LogP contribution < -0.4 is 10.2 Å². The minimum Gasteiger partial charge on any atom is -0.344 e. The number of carbonyl (C=O) groups excluding carboxylic acids is 1. The van der Waals surface area contributed by atoms with Crippen LogP contribution in [-0.2, 0) is 4.79 Å². The number of halogens is 1. The summed E-state index contributed by atoms with van der Waals surface area (Å²) in [6.07, 6.45) is 8.54. The van der Waals surface area contributed by atoms with Gasteiger partial charge >= 0.3 is 0 Å². The van der Waals surface area contributed by atoms with E-state index in [4.69, 9.17) is 0 Å². The van der Waals surface area contributed by atoms with E-state index in [0.717, 1.165) is 67.3 Å². The molecule has 5 rings (SSSR count). The lowest BCUT2D eigenvalue weighted by molar-refractivity contribution is -0.133. The van der Waals surface area contributed by atoms with Gasteiger partial charge in [0, 0.05) is 25.7 Å². The van der Waals surface area contributed by atoms with E-state index in [1.807, 2.05) is 0 Å². The summed E-state index contributed by atoms with van der Waals surface area (Å²) in [5.74, 6) is 2.13. The Morgan fingerprint density at radius 1 is 1.14 bits per heavy atom. The van der Waals surface area contributed by atoms with Crippen LogP contribution in [0, 0.1) is 5.92 Å². The van der Waals surface area contributed by atoms with Gasteiger partial charge < -0.3 is 15.1 Å².